The van der Waals surface area contributed by atoms with Gasteiger partial charge in [-0.15, -0.1) is 0 Å². The predicted octanol–water partition coefficient (Wildman–Crippen LogP) is 5.54. The molecule has 0 saturated heterocycles. The number of carbonyl (C=O) groups excluding carboxylic acids is 2. The normalized spacial score (nSPS) is 19.6. The van der Waals surface area contributed by atoms with Crippen LogP contribution in [0.1, 0.15) is 54.4 Å². The van der Waals surface area contributed by atoms with Gasteiger partial charge < -0.3 is 30.8 Å². The molecule has 0 aliphatic heterocycles. The number of carbonyl (C=O) groups is 2. The first-order valence-electron chi connectivity index (χ1n) is 14.1. The van der Waals surface area contributed by atoms with E-state index in [9.17, 15) is 41.0 Å². The number of ether oxygens (including phenoxy) is 1. The van der Waals surface area contributed by atoms with Gasteiger partial charge in [0.25, 0.3) is 5.91 Å². The third-order valence-electron chi connectivity index (χ3n) is 8.00. The maximum Gasteiger partial charge on any atom is 0.403 e. The van der Waals surface area contributed by atoms with Crippen LogP contribution in [0.25, 0.3) is 11.2 Å². The number of imidazole rings is 1. The number of halogens is 7. The Balaban J connectivity index is 1.30. The monoisotopic (exact) mass is 662 g/mol. The number of benzene rings is 1. The third-order valence-corrected chi connectivity index (χ3v) is 8.33. The van der Waals surface area contributed by atoms with Gasteiger partial charge in [0.2, 0.25) is 17.7 Å². The van der Waals surface area contributed by atoms with Crippen LogP contribution in [0.3, 0.4) is 0 Å². The second-order valence-corrected chi connectivity index (χ2v) is 11.5. The molecule has 0 unspecified atom stereocenters. The molecule has 2 fully saturated rings. The number of aromatic nitrogens is 3. The summed E-state index contributed by atoms with van der Waals surface area (Å²) in [5.74, 6) is -3.12. The van der Waals surface area contributed by atoms with Gasteiger partial charge in [0.1, 0.15) is 17.6 Å². The number of fused-ring (bicyclic) bond motifs is 1. The lowest BCUT2D eigenvalue weighted by atomic mass is 9.85. The molecule has 2 heterocycles. The Labute approximate surface area is 257 Å². The zero-order valence-electron chi connectivity index (χ0n) is 23.5. The van der Waals surface area contributed by atoms with Gasteiger partial charge in [-0.2, -0.15) is 36.3 Å². The number of hydrogen-bond acceptors (Lipinski definition) is 7. The maximum absolute atomic E-state index is 13.2. The summed E-state index contributed by atoms with van der Waals surface area (Å²) >= 11 is 6.31. The van der Waals surface area contributed by atoms with Crippen LogP contribution in [0, 0.1) is 11.3 Å². The summed E-state index contributed by atoms with van der Waals surface area (Å²) in [6.07, 6.45) is -9.30. The summed E-state index contributed by atoms with van der Waals surface area (Å²) in [5.41, 5.74) is -1.18. The smallest absolute Gasteiger partial charge is 0.403 e. The highest BCUT2D eigenvalue weighted by Gasteiger charge is 2.68. The maximum atomic E-state index is 13.2. The van der Waals surface area contributed by atoms with Gasteiger partial charge in [-0.05, 0) is 62.3 Å². The molecule has 0 atom stereocenters. The molecule has 10 nitrogen and oxygen atoms in total. The molecule has 5 rings (SSSR count). The Hall–Kier alpha value is -3.79. The van der Waals surface area contributed by atoms with Crippen LogP contribution in [0.15, 0.2) is 24.3 Å². The summed E-state index contributed by atoms with van der Waals surface area (Å²) in [4.78, 5) is 36.9. The van der Waals surface area contributed by atoms with Crippen molar-refractivity contribution in [1.29, 1.82) is 0 Å². The Morgan fingerprint density at radius 2 is 1.78 bits per heavy atom. The van der Waals surface area contributed by atoms with E-state index in [0.29, 0.717) is 16.8 Å². The molecule has 2 amide bonds. The van der Waals surface area contributed by atoms with Crippen molar-refractivity contribution in [3.63, 3.8) is 0 Å². The highest BCUT2D eigenvalue weighted by Crippen LogP contribution is 2.57. The van der Waals surface area contributed by atoms with Crippen molar-refractivity contribution in [2.24, 2.45) is 11.3 Å². The molecule has 244 valence electrons. The molecule has 0 bridgehead atoms. The highest BCUT2D eigenvalue weighted by molar-refractivity contribution is 6.33. The lowest BCUT2D eigenvalue weighted by Gasteiger charge is -2.30. The Morgan fingerprint density at radius 1 is 1.07 bits per heavy atom. The third kappa shape index (κ3) is 7.21. The largest absolute Gasteiger partial charge is 0.475 e. The minimum atomic E-state index is -4.63. The molecular formula is C28H29ClF6N6O4. The Bertz CT molecular complexity index is 1570. The lowest BCUT2D eigenvalue weighted by Crippen LogP contribution is -2.40. The number of anilines is 2. The van der Waals surface area contributed by atoms with E-state index in [-0.39, 0.29) is 86.3 Å². The molecule has 0 spiro atoms. The van der Waals surface area contributed by atoms with Crippen molar-refractivity contribution in [2.75, 3.05) is 18.5 Å². The van der Waals surface area contributed by atoms with Crippen molar-refractivity contribution in [3.05, 3.63) is 40.4 Å². The summed E-state index contributed by atoms with van der Waals surface area (Å²) < 4.78 is 84.3. The molecule has 1 aromatic carbocycles. The van der Waals surface area contributed by atoms with E-state index in [1.54, 1.807) is 6.07 Å². The zero-order valence-corrected chi connectivity index (χ0v) is 24.3. The number of alkyl halides is 6. The summed E-state index contributed by atoms with van der Waals surface area (Å²) in [7, 11) is 0. The van der Waals surface area contributed by atoms with Crippen LogP contribution in [-0.4, -0.2) is 63.5 Å². The average molecular weight is 663 g/mol. The SMILES string of the molecule is O=C(NC1CCC(C(F)(F)F)CC1)c1cc2[nH]c(Nc3cc(CNC(=O)C4(C(F)(F)F)CC4)ccc3Cl)nc2nc1OCCO. The number of aromatic amines is 1. The van der Waals surface area contributed by atoms with E-state index in [2.05, 4.69) is 30.9 Å². The number of rotatable bonds is 10. The second-order valence-electron chi connectivity index (χ2n) is 11.1. The second kappa shape index (κ2) is 12.5. The summed E-state index contributed by atoms with van der Waals surface area (Å²) in [5, 5.41) is 17.5. The Morgan fingerprint density at radius 3 is 2.40 bits per heavy atom. The molecule has 2 aliphatic rings. The number of hydrogen-bond donors (Lipinski definition) is 5. The number of amides is 2. The molecule has 2 saturated carbocycles. The Kier molecular flexibility index (Phi) is 9.08. The molecule has 3 aromatic rings. The zero-order chi connectivity index (χ0) is 32.6. The van der Waals surface area contributed by atoms with Crippen molar-refractivity contribution in [2.45, 2.75) is 63.5 Å². The van der Waals surface area contributed by atoms with Gasteiger partial charge in [-0.3, -0.25) is 9.59 Å². The van der Waals surface area contributed by atoms with Crippen LogP contribution in [0.5, 0.6) is 5.88 Å². The molecule has 17 heteroatoms. The van der Waals surface area contributed by atoms with E-state index >= 15 is 0 Å². The van der Waals surface area contributed by atoms with Gasteiger partial charge in [-0.1, -0.05) is 17.7 Å². The van der Waals surface area contributed by atoms with Gasteiger partial charge in [0.15, 0.2) is 5.65 Å². The number of H-pyrrole nitrogens is 1. The van der Waals surface area contributed by atoms with Crippen molar-refractivity contribution >= 4 is 46.2 Å². The minimum Gasteiger partial charge on any atom is -0.475 e. The van der Waals surface area contributed by atoms with E-state index in [1.807, 2.05) is 0 Å². The van der Waals surface area contributed by atoms with Crippen molar-refractivity contribution in [3.8, 4) is 5.88 Å². The van der Waals surface area contributed by atoms with Crippen molar-refractivity contribution in [1.82, 2.24) is 25.6 Å². The number of nitrogens with one attached hydrogen (secondary N) is 4. The quantitative estimate of drug-likeness (QED) is 0.180. The number of aliphatic hydroxyl groups is 1. The predicted molar refractivity (Wildman–Crippen MR) is 150 cm³/mol. The van der Waals surface area contributed by atoms with Crippen LogP contribution in [-0.2, 0) is 11.3 Å². The lowest BCUT2D eigenvalue weighted by molar-refractivity contribution is -0.192. The van der Waals surface area contributed by atoms with E-state index < -0.39 is 41.5 Å². The first-order valence-corrected chi connectivity index (χ1v) is 14.5. The van der Waals surface area contributed by atoms with Gasteiger partial charge in [0.05, 0.1) is 28.8 Å². The fourth-order valence-electron chi connectivity index (χ4n) is 5.25. The van der Waals surface area contributed by atoms with Gasteiger partial charge in [-0.25, -0.2) is 0 Å². The highest BCUT2D eigenvalue weighted by atomic mass is 35.5. The minimum absolute atomic E-state index is 0.0212. The molecule has 45 heavy (non-hydrogen) atoms. The summed E-state index contributed by atoms with van der Waals surface area (Å²) in [6.45, 7) is -0.734. The average Bonchev–Trinajstić information content (AvgIpc) is 3.72. The van der Waals surface area contributed by atoms with Gasteiger partial charge >= 0.3 is 12.4 Å². The first-order chi connectivity index (χ1) is 21.2. The van der Waals surface area contributed by atoms with E-state index in [4.69, 9.17) is 16.3 Å². The number of pyridine rings is 1. The van der Waals surface area contributed by atoms with Crippen LogP contribution < -0.4 is 20.7 Å². The number of nitrogens with zero attached hydrogens (tertiary/aromatic N) is 2. The topological polar surface area (TPSA) is 141 Å². The van der Waals surface area contributed by atoms with Crippen LogP contribution >= 0.6 is 11.6 Å². The fraction of sp³-hybridized carbons (Fsp3) is 0.500. The molecular weight excluding hydrogens is 634 g/mol. The van der Waals surface area contributed by atoms with E-state index in [0.717, 1.165) is 0 Å². The molecule has 5 N–H and O–H groups in total. The van der Waals surface area contributed by atoms with E-state index in [1.165, 1.54) is 18.2 Å². The molecule has 2 aliphatic carbocycles. The molecule has 0 radical (unpaired) electrons. The standard InChI is InChI=1S/C28H29ClF6N6O4/c29-18-6-1-14(13-36-24(44)26(7-8-26)28(33,34)35)11-19(18)38-25-39-20-12-17(23(45-10-9-42)40-21(20)41-25)22(43)37-16-4-2-15(3-5-16)27(30,31)32/h1,6,11-12,15-16,42H,2-5,7-10,13H2,(H,36,44)(H,37,43)(H2,38,39,40,41). The number of aliphatic hydroxyl groups excluding tert-OH is 1. The molecule has 2 aromatic heterocycles. The fourth-order valence-corrected chi connectivity index (χ4v) is 5.41. The van der Waals surface area contributed by atoms with Gasteiger partial charge in [0, 0.05) is 12.6 Å². The summed E-state index contributed by atoms with van der Waals surface area (Å²) in [6, 6.07) is 5.50. The first kappa shape index (κ1) is 32.6. The van der Waals surface area contributed by atoms with Crippen molar-refractivity contribution < 1.29 is 45.8 Å². The van der Waals surface area contributed by atoms with Crippen LogP contribution in [0.4, 0.5) is 38.0 Å². The van der Waals surface area contributed by atoms with Crippen LogP contribution in [0.2, 0.25) is 5.02 Å².